The van der Waals surface area contributed by atoms with Gasteiger partial charge in [-0.2, -0.15) is 0 Å². The largest absolute Gasteiger partial charge is 0.331 e. The van der Waals surface area contributed by atoms with Crippen LogP contribution in [0.25, 0.3) is 10.1 Å². The summed E-state index contributed by atoms with van der Waals surface area (Å²) in [5.74, 6) is 0. The van der Waals surface area contributed by atoms with Gasteiger partial charge in [0.15, 0.2) is 0 Å². The molecule has 0 saturated heterocycles. The van der Waals surface area contributed by atoms with Crippen LogP contribution in [0.2, 0.25) is 0 Å². The highest BCUT2D eigenvalue weighted by molar-refractivity contribution is 7.17. The lowest BCUT2D eigenvalue weighted by molar-refractivity contribution is 0.194. The number of carbonyl (C=O) groups excluding carboxylic acids is 1. The van der Waals surface area contributed by atoms with Crippen LogP contribution in [0.15, 0.2) is 54.0 Å². The predicted molar refractivity (Wildman–Crippen MR) is 99.1 cm³/mol. The number of nitrogens with one attached hydrogen (secondary N) is 1. The molecule has 0 fully saturated rings. The zero-order valence-electron chi connectivity index (χ0n) is 13.9. The van der Waals surface area contributed by atoms with Crippen molar-refractivity contribution in [1.82, 2.24) is 15.2 Å². The fraction of sp³-hybridized carbons (Fsp3) is 0.263. The lowest BCUT2D eigenvalue weighted by Gasteiger charge is -2.23. The lowest BCUT2D eigenvalue weighted by Crippen LogP contribution is -2.40. The second-order valence-corrected chi connectivity index (χ2v) is 6.60. The molecule has 3 aromatic rings. The third kappa shape index (κ3) is 3.57. The Morgan fingerprint density at radius 3 is 2.79 bits per heavy atom. The number of aromatic nitrogens is 1. The summed E-state index contributed by atoms with van der Waals surface area (Å²) in [4.78, 5) is 18.7. The number of nitrogens with zero attached hydrogens (tertiary/aromatic N) is 2. The molecule has 124 valence electrons. The Kier molecular flexibility index (Phi) is 5.11. The minimum absolute atomic E-state index is 0.0357. The number of rotatable bonds is 5. The van der Waals surface area contributed by atoms with Crippen molar-refractivity contribution in [3.05, 3.63) is 65.3 Å². The summed E-state index contributed by atoms with van der Waals surface area (Å²) >= 11 is 1.71. The molecule has 1 aromatic carbocycles. The van der Waals surface area contributed by atoms with Crippen molar-refractivity contribution in [3.8, 4) is 0 Å². The third-order valence-electron chi connectivity index (χ3n) is 4.07. The van der Waals surface area contributed by atoms with Crippen molar-refractivity contribution >= 4 is 27.5 Å². The fourth-order valence-corrected chi connectivity index (χ4v) is 3.76. The third-order valence-corrected chi connectivity index (χ3v) is 5.05. The Morgan fingerprint density at radius 2 is 2.04 bits per heavy atom. The first-order chi connectivity index (χ1) is 11.7. The molecule has 3 rings (SSSR count). The van der Waals surface area contributed by atoms with E-state index < -0.39 is 0 Å². The van der Waals surface area contributed by atoms with Crippen LogP contribution < -0.4 is 5.32 Å². The van der Waals surface area contributed by atoms with Crippen molar-refractivity contribution < 1.29 is 4.79 Å². The summed E-state index contributed by atoms with van der Waals surface area (Å²) < 4.78 is 1.24. The normalized spacial score (nSPS) is 12.1. The van der Waals surface area contributed by atoms with E-state index >= 15 is 0 Å². The highest BCUT2D eigenvalue weighted by Crippen LogP contribution is 2.30. The minimum atomic E-state index is -0.0639. The molecule has 4 nitrogen and oxygen atoms in total. The molecule has 24 heavy (non-hydrogen) atoms. The Bertz CT molecular complexity index is 816. The van der Waals surface area contributed by atoms with E-state index in [0.717, 1.165) is 11.3 Å². The van der Waals surface area contributed by atoms with Crippen LogP contribution in [0.1, 0.15) is 31.1 Å². The summed E-state index contributed by atoms with van der Waals surface area (Å²) in [6.07, 6.45) is 1.75. The molecule has 0 aliphatic heterocycles. The van der Waals surface area contributed by atoms with Gasteiger partial charge in [-0.15, -0.1) is 11.3 Å². The van der Waals surface area contributed by atoms with E-state index in [4.69, 9.17) is 0 Å². The van der Waals surface area contributed by atoms with Crippen LogP contribution in [-0.4, -0.2) is 22.5 Å². The summed E-state index contributed by atoms with van der Waals surface area (Å²) in [5, 5.41) is 6.45. The highest BCUT2D eigenvalue weighted by atomic mass is 32.1. The molecule has 0 radical (unpaired) electrons. The number of benzene rings is 1. The van der Waals surface area contributed by atoms with Gasteiger partial charge in [-0.1, -0.05) is 24.3 Å². The number of amides is 2. The number of hydrogen-bond acceptors (Lipinski definition) is 3. The number of thiophene rings is 1. The average molecular weight is 339 g/mol. The molecule has 2 heterocycles. The van der Waals surface area contributed by atoms with Crippen LogP contribution in [0.4, 0.5) is 4.79 Å². The first-order valence-electron chi connectivity index (χ1n) is 8.10. The van der Waals surface area contributed by atoms with Gasteiger partial charge in [0.25, 0.3) is 0 Å². The fourth-order valence-electron chi connectivity index (χ4n) is 2.70. The van der Waals surface area contributed by atoms with E-state index in [1.54, 1.807) is 22.4 Å². The quantitative estimate of drug-likeness (QED) is 0.739. The standard InChI is InChI=1S/C19H21N3OS/c1-3-22(12-15-8-6-7-11-20-15)19(23)21-14(2)17-13-24-18-10-5-4-9-16(17)18/h4-11,13-14H,3,12H2,1-2H3,(H,21,23)/t14-/m0/s1. The summed E-state index contributed by atoms with van der Waals surface area (Å²) in [7, 11) is 0. The number of urea groups is 1. The molecule has 2 amide bonds. The van der Waals surface area contributed by atoms with Gasteiger partial charge in [0.1, 0.15) is 0 Å². The first kappa shape index (κ1) is 16.5. The van der Waals surface area contributed by atoms with Gasteiger partial charge in [0.2, 0.25) is 0 Å². The maximum Gasteiger partial charge on any atom is 0.318 e. The molecule has 0 aliphatic rings. The SMILES string of the molecule is CCN(Cc1ccccn1)C(=O)N[C@@H](C)c1csc2ccccc12. The van der Waals surface area contributed by atoms with Crippen LogP contribution in [0, 0.1) is 0 Å². The minimum Gasteiger partial charge on any atom is -0.331 e. The van der Waals surface area contributed by atoms with Gasteiger partial charge < -0.3 is 10.2 Å². The van der Waals surface area contributed by atoms with Gasteiger partial charge in [-0.3, -0.25) is 4.98 Å². The van der Waals surface area contributed by atoms with E-state index in [1.165, 1.54) is 10.1 Å². The number of fused-ring (bicyclic) bond motifs is 1. The van der Waals surface area contributed by atoms with E-state index in [0.29, 0.717) is 13.1 Å². The van der Waals surface area contributed by atoms with Crippen molar-refractivity contribution in [2.45, 2.75) is 26.4 Å². The van der Waals surface area contributed by atoms with Gasteiger partial charge in [-0.25, -0.2) is 4.79 Å². The predicted octanol–water partition coefficient (Wildman–Crippen LogP) is 4.59. The molecule has 1 N–H and O–H groups in total. The van der Waals surface area contributed by atoms with Crippen LogP contribution >= 0.6 is 11.3 Å². The number of carbonyl (C=O) groups is 1. The van der Waals surface area contributed by atoms with E-state index in [9.17, 15) is 4.79 Å². The monoisotopic (exact) mass is 339 g/mol. The van der Waals surface area contributed by atoms with Crippen LogP contribution in [-0.2, 0) is 6.54 Å². The molecule has 5 heteroatoms. The van der Waals surface area contributed by atoms with Gasteiger partial charge >= 0.3 is 6.03 Å². The maximum atomic E-state index is 12.6. The molecular formula is C19H21N3OS. The lowest BCUT2D eigenvalue weighted by atomic mass is 10.1. The zero-order valence-corrected chi connectivity index (χ0v) is 14.7. The smallest absolute Gasteiger partial charge is 0.318 e. The van der Waals surface area contributed by atoms with Gasteiger partial charge in [0, 0.05) is 17.4 Å². The Hall–Kier alpha value is -2.40. The topological polar surface area (TPSA) is 45.2 Å². The highest BCUT2D eigenvalue weighted by Gasteiger charge is 2.18. The molecule has 1 atom stereocenters. The first-order valence-corrected chi connectivity index (χ1v) is 8.98. The number of hydrogen-bond donors (Lipinski definition) is 1. The molecule has 0 spiro atoms. The zero-order chi connectivity index (χ0) is 16.9. The Morgan fingerprint density at radius 1 is 1.25 bits per heavy atom. The van der Waals surface area contributed by atoms with Crippen molar-refractivity contribution in [2.24, 2.45) is 0 Å². The summed E-state index contributed by atoms with van der Waals surface area (Å²) in [6.45, 7) is 5.16. The molecule has 0 aliphatic carbocycles. The maximum absolute atomic E-state index is 12.6. The van der Waals surface area contributed by atoms with Gasteiger partial charge in [0.05, 0.1) is 18.3 Å². The Labute approximate surface area is 146 Å². The number of pyridine rings is 1. The van der Waals surface area contributed by atoms with E-state index in [2.05, 4.69) is 27.8 Å². The van der Waals surface area contributed by atoms with Crippen LogP contribution in [0.3, 0.4) is 0 Å². The van der Waals surface area contributed by atoms with Crippen molar-refractivity contribution in [3.63, 3.8) is 0 Å². The molecule has 0 unspecified atom stereocenters. The van der Waals surface area contributed by atoms with Crippen LogP contribution in [0.5, 0.6) is 0 Å². The Balaban J connectivity index is 1.70. The van der Waals surface area contributed by atoms with Gasteiger partial charge in [-0.05, 0) is 48.4 Å². The molecular weight excluding hydrogens is 318 g/mol. The summed E-state index contributed by atoms with van der Waals surface area (Å²) in [6, 6.07) is 13.9. The van der Waals surface area contributed by atoms with Crippen molar-refractivity contribution in [1.29, 1.82) is 0 Å². The van der Waals surface area contributed by atoms with E-state index in [1.807, 2.05) is 44.2 Å². The molecule has 0 saturated carbocycles. The second-order valence-electron chi connectivity index (χ2n) is 5.69. The second kappa shape index (κ2) is 7.45. The summed E-state index contributed by atoms with van der Waals surface area (Å²) in [5.41, 5.74) is 2.06. The molecule has 2 aromatic heterocycles. The van der Waals surface area contributed by atoms with Crippen molar-refractivity contribution in [2.75, 3.05) is 6.54 Å². The average Bonchev–Trinajstić information content (AvgIpc) is 3.04. The molecule has 0 bridgehead atoms. The van der Waals surface area contributed by atoms with E-state index in [-0.39, 0.29) is 12.1 Å².